The minimum absolute atomic E-state index is 0.134. The zero-order valence-corrected chi connectivity index (χ0v) is 13.4. The van der Waals surface area contributed by atoms with E-state index in [1.807, 2.05) is 6.92 Å². The molecule has 3 rings (SSSR count). The normalized spacial score (nSPS) is 19.8. The van der Waals surface area contributed by atoms with Crippen molar-refractivity contribution in [2.24, 2.45) is 0 Å². The Balaban J connectivity index is 1.47. The number of piperazine rings is 1. The van der Waals surface area contributed by atoms with Crippen LogP contribution < -0.4 is 4.90 Å². The zero-order chi connectivity index (χ0) is 14.7. The standard InChI is InChI=1S/C15H23N3O2S/c1-2-20-14(19)6-3-12-11-21-15(16-12)18-9-7-17(8-10-18)13-4-5-13/h11,13H,2-10H2,1H3. The van der Waals surface area contributed by atoms with E-state index in [9.17, 15) is 4.79 Å². The number of rotatable bonds is 6. The molecule has 0 N–H and O–H groups in total. The third kappa shape index (κ3) is 3.95. The molecule has 0 amide bonds. The van der Waals surface area contributed by atoms with E-state index in [1.54, 1.807) is 11.3 Å². The molecule has 116 valence electrons. The Morgan fingerprint density at radius 2 is 2.14 bits per heavy atom. The predicted molar refractivity (Wildman–Crippen MR) is 83.9 cm³/mol. The largest absolute Gasteiger partial charge is 0.466 e. The van der Waals surface area contributed by atoms with Crippen LogP contribution in [0.3, 0.4) is 0 Å². The molecule has 1 saturated heterocycles. The molecule has 2 heterocycles. The van der Waals surface area contributed by atoms with Crippen LogP contribution in [0.2, 0.25) is 0 Å². The lowest BCUT2D eigenvalue weighted by Crippen LogP contribution is -2.47. The Kier molecular flexibility index (Phi) is 4.75. The summed E-state index contributed by atoms with van der Waals surface area (Å²) in [6.07, 6.45) is 3.87. The summed E-state index contributed by atoms with van der Waals surface area (Å²) >= 11 is 1.69. The first-order valence-electron chi connectivity index (χ1n) is 7.85. The molecular weight excluding hydrogens is 286 g/mol. The molecule has 0 bridgehead atoms. The number of hydrogen-bond acceptors (Lipinski definition) is 6. The first-order valence-corrected chi connectivity index (χ1v) is 8.73. The van der Waals surface area contributed by atoms with E-state index in [4.69, 9.17) is 4.74 Å². The maximum absolute atomic E-state index is 11.4. The molecule has 1 saturated carbocycles. The quantitative estimate of drug-likeness (QED) is 0.751. The highest BCUT2D eigenvalue weighted by molar-refractivity contribution is 7.13. The highest BCUT2D eigenvalue weighted by Crippen LogP contribution is 2.29. The summed E-state index contributed by atoms with van der Waals surface area (Å²) in [5, 5.41) is 3.17. The van der Waals surface area contributed by atoms with Crippen molar-refractivity contribution in [2.45, 2.75) is 38.6 Å². The van der Waals surface area contributed by atoms with E-state index in [0.717, 1.165) is 43.0 Å². The molecule has 21 heavy (non-hydrogen) atoms. The van der Waals surface area contributed by atoms with Crippen molar-refractivity contribution < 1.29 is 9.53 Å². The van der Waals surface area contributed by atoms with E-state index < -0.39 is 0 Å². The van der Waals surface area contributed by atoms with Crippen LogP contribution in [-0.4, -0.2) is 54.7 Å². The second-order valence-electron chi connectivity index (χ2n) is 5.68. The molecule has 6 heteroatoms. The number of anilines is 1. The first-order chi connectivity index (χ1) is 10.3. The lowest BCUT2D eigenvalue weighted by atomic mass is 10.2. The number of ether oxygens (including phenoxy) is 1. The summed E-state index contributed by atoms with van der Waals surface area (Å²) in [7, 11) is 0. The molecule has 0 radical (unpaired) electrons. The summed E-state index contributed by atoms with van der Waals surface area (Å²) < 4.78 is 4.95. The summed E-state index contributed by atoms with van der Waals surface area (Å²) in [4.78, 5) is 21.0. The molecule has 2 fully saturated rings. The van der Waals surface area contributed by atoms with Gasteiger partial charge in [0.1, 0.15) is 0 Å². The van der Waals surface area contributed by atoms with Crippen LogP contribution in [0.4, 0.5) is 5.13 Å². The maximum Gasteiger partial charge on any atom is 0.306 e. The van der Waals surface area contributed by atoms with Gasteiger partial charge in [-0.15, -0.1) is 11.3 Å². The second-order valence-corrected chi connectivity index (χ2v) is 6.52. The van der Waals surface area contributed by atoms with Gasteiger partial charge >= 0.3 is 5.97 Å². The average molecular weight is 309 g/mol. The molecule has 0 unspecified atom stereocenters. The summed E-state index contributed by atoms with van der Waals surface area (Å²) in [6.45, 7) is 6.74. The van der Waals surface area contributed by atoms with E-state index in [1.165, 1.54) is 12.8 Å². The first kappa shape index (κ1) is 14.8. The van der Waals surface area contributed by atoms with E-state index in [-0.39, 0.29) is 5.97 Å². The smallest absolute Gasteiger partial charge is 0.306 e. The van der Waals surface area contributed by atoms with Crippen molar-refractivity contribution in [3.63, 3.8) is 0 Å². The van der Waals surface area contributed by atoms with Gasteiger partial charge in [-0.3, -0.25) is 9.69 Å². The number of aromatic nitrogens is 1. The van der Waals surface area contributed by atoms with Crippen molar-refractivity contribution in [3.8, 4) is 0 Å². The Morgan fingerprint density at radius 3 is 2.81 bits per heavy atom. The molecule has 0 aromatic carbocycles. The highest BCUT2D eigenvalue weighted by Gasteiger charge is 2.31. The Morgan fingerprint density at radius 1 is 1.38 bits per heavy atom. The van der Waals surface area contributed by atoms with Crippen LogP contribution >= 0.6 is 11.3 Å². The van der Waals surface area contributed by atoms with Gasteiger partial charge in [0.15, 0.2) is 5.13 Å². The van der Waals surface area contributed by atoms with Crippen molar-refractivity contribution >= 4 is 22.4 Å². The van der Waals surface area contributed by atoms with Gasteiger partial charge in [0.25, 0.3) is 0 Å². The zero-order valence-electron chi connectivity index (χ0n) is 12.6. The predicted octanol–water partition coefficient (Wildman–Crippen LogP) is 1.92. The Hall–Kier alpha value is -1.14. The summed E-state index contributed by atoms with van der Waals surface area (Å²) in [5.74, 6) is -0.134. The van der Waals surface area contributed by atoms with Crippen LogP contribution in [0.25, 0.3) is 0 Å². The van der Waals surface area contributed by atoms with Crippen molar-refractivity contribution in [2.75, 3.05) is 37.7 Å². The van der Waals surface area contributed by atoms with Crippen LogP contribution in [0.1, 0.15) is 31.9 Å². The Bertz CT molecular complexity index is 479. The molecule has 1 aromatic heterocycles. The minimum Gasteiger partial charge on any atom is -0.466 e. The van der Waals surface area contributed by atoms with E-state index >= 15 is 0 Å². The van der Waals surface area contributed by atoms with Gasteiger partial charge in [-0.1, -0.05) is 0 Å². The number of carbonyl (C=O) groups excluding carboxylic acids is 1. The van der Waals surface area contributed by atoms with Gasteiger partial charge in [0, 0.05) is 44.0 Å². The van der Waals surface area contributed by atoms with Crippen molar-refractivity contribution in [1.29, 1.82) is 0 Å². The number of hydrogen-bond donors (Lipinski definition) is 0. The average Bonchev–Trinajstić information content (AvgIpc) is 3.24. The minimum atomic E-state index is -0.134. The summed E-state index contributed by atoms with van der Waals surface area (Å²) in [6, 6.07) is 0.864. The number of aryl methyl sites for hydroxylation is 1. The topological polar surface area (TPSA) is 45.7 Å². The molecule has 5 nitrogen and oxygen atoms in total. The van der Waals surface area contributed by atoms with Gasteiger partial charge < -0.3 is 9.64 Å². The van der Waals surface area contributed by atoms with E-state index in [2.05, 4.69) is 20.2 Å². The van der Waals surface area contributed by atoms with Crippen LogP contribution in [0.15, 0.2) is 5.38 Å². The highest BCUT2D eigenvalue weighted by atomic mass is 32.1. The fourth-order valence-corrected chi connectivity index (χ4v) is 3.65. The number of carbonyl (C=O) groups is 1. The van der Waals surface area contributed by atoms with Crippen LogP contribution in [0.5, 0.6) is 0 Å². The lowest BCUT2D eigenvalue weighted by Gasteiger charge is -2.34. The second kappa shape index (κ2) is 6.75. The monoisotopic (exact) mass is 309 g/mol. The van der Waals surface area contributed by atoms with Gasteiger partial charge in [-0.2, -0.15) is 0 Å². The molecule has 1 aromatic rings. The maximum atomic E-state index is 11.4. The van der Waals surface area contributed by atoms with E-state index in [0.29, 0.717) is 19.4 Å². The van der Waals surface area contributed by atoms with Crippen molar-refractivity contribution in [1.82, 2.24) is 9.88 Å². The van der Waals surface area contributed by atoms with Gasteiger partial charge in [0.05, 0.1) is 18.7 Å². The molecule has 0 spiro atoms. The molecule has 2 aliphatic rings. The third-order valence-electron chi connectivity index (χ3n) is 4.08. The number of esters is 1. The van der Waals surface area contributed by atoms with Gasteiger partial charge in [-0.05, 0) is 19.8 Å². The summed E-state index contributed by atoms with van der Waals surface area (Å²) in [5.41, 5.74) is 1.01. The fraction of sp³-hybridized carbons (Fsp3) is 0.733. The fourth-order valence-electron chi connectivity index (χ4n) is 2.74. The molecular formula is C15H23N3O2S. The lowest BCUT2D eigenvalue weighted by molar-refractivity contribution is -0.143. The molecule has 0 atom stereocenters. The van der Waals surface area contributed by atoms with Crippen LogP contribution in [0, 0.1) is 0 Å². The third-order valence-corrected chi connectivity index (χ3v) is 5.03. The number of thiazole rings is 1. The van der Waals surface area contributed by atoms with Crippen molar-refractivity contribution in [3.05, 3.63) is 11.1 Å². The molecule has 1 aliphatic carbocycles. The SMILES string of the molecule is CCOC(=O)CCc1csc(N2CCN(C3CC3)CC2)n1. The molecule has 1 aliphatic heterocycles. The number of nitrogens with zero attached hydrogens (tertiary/aromatic N) is 3. The Labute approximate surface area is 129 Å². The van der Waals surface area contributed by atoms with Gasteiger partial charge in [-0.25, -0.2) is 4.98 Å². The van der Waals surface area contributed by atoms with Crippen LogP contribution in [-0.2, 0) is 16.0 Å². The van der Waals surface area contributed by atoms with Gasteiger partial charge in [0.2, 0.25) is 0 Å².